The van der Waals surface area contributed by atoms with Crippen LogP contribution in [0.4, 0.5) is 0 Å². The first-order chi connectivity index (χ1) is 4.61. The summed E-state index contributed by atoms with van der Waals surface area (Å²) >= 11 is 0. The molecule has 68 valence electrons. The van der Waals surface area contributed by atoms with Gasteiger partial charge in [-0.15, -0.1) is 12.4 Å². The molecule has 7 heteroatoms. The van der Waals surface area contributed by atoms with Gasteiger partial charge in [-0.1, -0.05) is 0 Å². The maximum absolute atomic E-state index is 9.00. The topological polar surface area (TPSA) is 117 Å². The van der Waals surface area contributed by atoms with Crippen LogP contribution < -0.4 is 22.1 Å². The van der Waals surface area contributed by atoms with Crippen LogP contribution in [0, 0.1) is 0 Å². The first-order valence-electron chi connectivity index (χ1n) is 3.00. The highest BCUT2D eigenvalue weighted by atomic mass is 35.5. The van der Waals surface area contributed by atoms with Gasteiger partial charge < -0.3 is 21.7 Å². The lowest BCUT2D eigenvalue weighted by Gasteiger charge is -2.35. The van der Waals surface area contributed by atoms with E-state index in [1.165, 1.54) is 0 Å². The van der Waals surface area contributed by atoms with Crippen molar-refractivity contribution < 1.29 is 10.2 Å². The third-order valence-corrected chi connectivity index (χ3v) is 1.43. The van der Waals surface area contributed by atoms with Crippen LogP contribution in [0.15, 0.2) is 0 Å². The number of nitrogens with one attached hydrogen (secondary N) is 2. The van der Waals surface area contributed by atoms with E-state index in [-0.39, 0.29) is 12.4 Å². The third kappa shape index (κ3) is 2.53. The predicted molar refractivity (Wildman–Crippen MR) is 41.5 cm³/mol. The first kappa shape index (κ1) is 11.1. The van der Waals surface area contributed by atoms with Gasteiger partial charge in [0.25, 0.3) is 0 Å². The second kappa shape index (κ2) is 4.17. The summed E-state index contributed by atoms with van der Waals surface area (Å²) in [4.78, 5) is 0. The standard InChI is InChI=1S/C4H12N4O2.ClH/c5-1-2(9)7-4(6)8-3(1)10;/h1-4,7-10H,5-6H2;1H. The molecule has 6 nitrogen and oxygen atoms in total. The van der Waals surface area contributed by atoms with E-state index in [1.54, 1.807) is 0 Å². The molecule has 2 unspecified atom stereocenters. The number of nitrogens with two attached hydrogens (primary N) is 2. The van der Waals surface area contributed by atoms with Gasteiger partial charge in [0.2, 0.25) is 0 Å². The number of hydrogen-bond acceptors (Lipinski definition) is 6. The Kier molecular flexibility index (Phi) is 4.19. The minimum absolute atomic E-state index is 0. The Balaban J connectivity index is 0.000001000. The molecule has 0 aliphatic carbocycles. The summed E-state index contributed by atoms with van der Waals surface area (Å²) in [5, 5.41) is 23.0. The Morgan fingerprint density at radius 3 is 1.73 bits per heavy atom. The van der Waals surface area contributed by atoms with Gasteiger partial charge in [0, 0.05) is 0 Å². The van der Waals surface area contributed by atoms with E-state index >= 15 is 0 Å². The van der Waals surface area contributed by atoms with Gasteiger partial charge in [-0.2, -0.15) is 0 Å². The average Bonchev–Trinajstić information content (AvgIpc) is 1.82. The molecule has 8 N–H and O–H groups in total. The summed E-state index contributed by atoms with van der Waals surface area (Å²) in [6, 6.07) is -0.736. The van der Waals surface area contributed by atoms with Crippen LogP contribution in [-0.4, -0.2) is 35.0 Å². The SMILES string of the molecule is Cl.NC1NC(O)C(N)C(O)N1. The Morgan fingerprint density at radius 1 is 1.00 bits per heavy atom. The van der Waals surface area contributed by atoms with Crippen molar-refractivity contribution in [1.29, 1.82) is 0 Å². The summed E-state index contributed by atoms with van der Waals surface area (Å²) in [5.74, 6) is 0. The highest BCUT2D eigenvalue weighted by Crippen LogP contribution is 1.97. The third-order valence-electron chi connectivity index (χ3n) is 1.43. The molecule has 0 aromatic rings. The van der Waals surface area contributed by atoms with Crippen LogP contribution in [0.5, 0.6) is 0 Å². The zero-order valence-corrected chi connectivity index (χ0v) is 6.58. The Morgan fingerprint density at radius 2 is 1.36 bits per heavy atom. The van der Waals surface area contributed by atoms with Gasteiger partial charge in [-0.25, -0.2) is 0 Å². The zero-order chi connectivity index (χ0) is 7.72. The molecular formula is C4H13ClN4O2. The molecule has 1 rings (SSSR count). The van der Waals surface area contributed by atoms with Crippen LogP contribution in [0.2, 0.25) is 0 Å². The second-order valence-corrected chi connectivity index (χ2v) is 2.28. The molecule has 1 heterocycles. The lowest BCUT2D eigenvalue weighted by molar-refractivity contribution is -0.0328. The first-order valence-corrected chi connectivity index (χ1v) is 3.00. The van der Waals surface area contributed by atoms with Crippen molar-refractivity contribution in [3.8, 4) is 0 Å². The lowest BCUT2D eigenvalue weighted by Crippen LogP contribution is -2.71. The molecule has 0 amide bonds. The monoisotopic (exact) mass is 184 g/mol. The van der Waals surface area contributed by atoms with E-state index in [1.807, 2.05) is 0 Å². The molecule has 1 aliphatic rings. The van der Waals surface area contributed by atoms with E-state index in [4.69, 9.17) is 21.7 Å². The lowest BCUT2D eigenvalue weighted by atomic mass is 10.2. The number of hydrogen-bond donors (Lipinski definition) is 6. The maximum atomic E-state index is 9.00. The molecular weight excluding hydrogens is 172 g/mol. The molecule has 0 radical (unpaired) electrons. The van der Waals surface area contributed by atoms with Crippen LogP contribution in [0.3, 0.4) is 0 Å². The van der Waals surface area contributed by atoms with Gasteiger partial charge in [0.1, 0.15) is 18.7 Å². The van der Waals surface area contributed by atoms with Gasteiger partial charge in [0.15, 0.2) is 0 Å². The fraction of sp³-hybridized carbons (Fsp3) is 1.00. The number of aliphatic hydroxyl groups excluding tert-OH is 2. The molecule has 0 aromatic heterocycles. The minimum Gasteiger partial charge on any atom is -0.377 e. The molecule has 0 bridgehead atoms. The fourth-order valence-electron chi connectivity index (χ4n) is 0.811. The van der Waals surface area contributed by atoms with Crippen molar-refractivity contribution in [2.24, 2.45) is 11.5 Å². The Bertz CT molecular complexity index is 115. The highest BCUT2D eigenvalue weighted by molar-refractivity contribution is 5.85. The van der Waals surface area contributed by atoms with E-state index in [0.29, 0.717) is 0 Å². The van der Waals surface area contributed by atoms with Gasteiger partial charge in [-0.05, 0) is 0 Å². The molecule has 2 atom stereocenters. The molecule has 1 aliphatic heterocycles. The largest absolute Gasteiger partial charge is 0.377 e. The van der Waals surface area contributed by atoms with Crippen LogP contribution in [-0.2, 0) is 0 Å². The molecule has 1 fully saturated rings. The summed E-state index contributed by atoms with van der Waals surface area (Å²) in [6.45, 7) is 0. The van der Waals surface area contributed by atoms with Crippen molar-refractivity contribution in [2.45, 2.75) is 24.8 Å². The molecule has 0 saturated carbocycles. The van der Waals surface area contributed by atoms with Gasteiger partial charge >= 0.3 is 0 Å². The van der Waals surface area contributed by atoms with E-state index < -0.39 is 24.8 Å². The summed E-state index contributed by atoms with van der Waals surface area (Å²) in [7, 11) is 0. The second-order valence-electron chi connectivity index (χ2n) is 2.28. The van der Waals surface area contributed by atoms with Crippen LogP contribution in [0.25, 0.3) is 0 Å². The fourth-order valence-corrected chi connectivity index (χ4v) is 0.811. The van der Waals surface area contributed by atoms with Crippen molar-refractivity contribution in [3.63, 3.8) is 0 Å². The van der Waals surface area contributed by atoms with E-state index in [0.717, 1.165) is 0 Å². The number of rotatable bonds is 0. The zero-order valence-electron chi connectivity index (χ0n) is 5.77. The molecule has 11 heavy (non-hydrogen) atoms. The Labute approximate surface area is 70.3 Å². The predicted octanol–water partition coefficient (Wildman–Crippen LogP) is -3.19. The average molecular weight is 185 g/mol. The molecule has 0 spiro atoms. The summed E-state index contributed by atoms with van der Waals surface area (Å²) < 4.78 is 0. The highest BCUT2D eigenvalue weighted by Gasteiger charge is 2.30. The number of aliphatic hydroxyl groups is 2. The van der Waals surface area contributed by atoms with Crippen molar-refractivity contribution >= 4 is 12.4 Å². The molecule has 1 saturated heterocycles. The normalized spacial score (nSPS) is 44.7. The smallest absolute Gasteiger partial charge is 0.126 e. The number of halogens is 1. The van der Waals surface area contributed by atoms with E-state index in [9.17, 15) is 0 Å². The van der Waals surface area contributed by atoms with Gasteiger partial charge in [0.05, 0.1) is 6.04 Å². The van der Waals surface area contributed by atoms with Crippen molar-refractivity contribution in [1.82, 2.24) is 10.6 Å². The minimum atomic E-state index is -0.953. The van der Waals surface area contributed by atoms with Gasteiger partial charge in [-0.3, -0.25) is 10.6 Å². The summed E-state index contributed by atoms with van der Waals surface area (Å²) in [5.41, 5.74) is 10.6. The van der Waals surface area contributed by atoms with Crippen molar-refractivity contribution in [3.05, 3.63) is 0 Å². The van der Waals surface area contributed by atoms with E-state index in [2.05, 4.69) is 10.6 Å². The quantitative estimate of drug-likeness (QED) is 0.236. The van der Waals surface area contributed by atoms with Crippen molar-refractivity contribution in [2.75, 3.05) is 0 Å². The van der Waals surface area contributed by atoms with Crippen LogP contribution >= 0.6 is 12.4 Å². The Hall–Kier alpha value is 0.0500. The summed E-state index contributed by atoms with van der Waals surface area (Å²) in [6.07, 6.45) is -2.51. The molecule has 0 aromatic carbocycles. The van der Waals surface area contributed by atoms with Crippen LogP contribution in [0.1, 0.15) is 0 Å². The maximum Gasteiger partial charge on any atom is 0.126 e.